The van der Waals surface area contributed by atoms with Gasteiger partial charge < -0.3 is 10.5 Å². The molecule has 0 spiro atoms. The lowest BCUT2D eigenvalue weighted by atomic mass is 9.64. The van der Waals surface area contributed by atoms with Gasteiger partial charge in [0.2, 0.25) is 5.91 Å². The molecule has 1 amide bonds. The van der Waals surface area contributed by atoms with E-state index in [0.717, 1.165) is 5.56 Å². The van der Waals surface area contributed by atoms with Crippen LogP contribution in [0.3, 0.4) is 0 Å². The third kappa shape index (κ3) is 1.73. The Labute approximate surface area is 146 Å². The standard InChI is InChI=1S/C18H21ClN2O3/c1-10-11(19)6-5-7-12(10)20-15(23)18-9-8-17(4,16(18,2)3)13(21-24)14(18)22/h5-7,24H,8-9H2,1-4H3,(H,20,23). The minimum Gasteiger partial charge on any atom is -0.411 e. The van der Waals surface area contributed by atoms with E-state index in [1.165, 1.54) is 0 Å². The zero-order valence-electron chi connectivity index (χ0n) is 14.2. The summed E-state index contributed by atoms with van der Waals surface area (Å²) in [4.78, 5) is 26.1. The first-order chi connectivity index (χ1) is 11.1. The number of benzene rings is 1. The Morgan fingerprint density at radius 2 is 1.96 bits per heavy atom. The van der Waals surface area contributed by atoms with Crippen molar-refractivity contribution in [3.63, 3.8) is 0 Å². The van der Waals surface area contributed by atoms with Crippen LogP contribution in [-0.4, -0.2) is 22.6 Å². The van der Waals surface area contributed by atoms with E-state index in [9.17, 15) is 14.8 Å². The lowest BCUT2D eigenvalue weighted by Gasteiger charge is -2.37. The number of anilines is 1. The lowest BCUT2D eigenvalue weighted by Crippen LogP contribution is -2.47. The fourth-order valence-electron chi connectivity index (χ4n) is 4.43. The predicted octanol–water partition coefficient (Wildman–Crippen LogP) is 3.81. The number of ketones is 1. The van der Waals surface area contributed by atoms with Gasteiger partial charge in [-0.15, -0.1) is 0 Å². The molecular weight excluding hydrogens is 328 g/mol. The fourth-order valence-corrected chi connectivity index (χ4v) is 4.60. The number of hydrogen-bond acceptors (Lipinski definition) is 4. The molecule has 2 saturated carbocycles. The summed E-state index contributed by atoms with van der Waals surface area (Å²) in [6, 6.07) is 5.26. The first-order valence-electron chi connectivity index (χ1n) is 7.97. The molecule has 2 N–H and O–H groups in total. The Morgan fingerprint density at radius 3 is 2.54 bits per heavy atom. The van der Waals surface area contributed by atoms with Crippen LogP contribution < -0.4 is 5.32 Å². The number of Topliss-reactive ketones (excluding diaryl/α,β-unsaturated/α-hetero) is 1. The molecular formula is C18H21ClN2O3. The number of halogens is 1. The Hall–Kier alpha value is -1.88. The molecule has 2 bridgehead atoms. The fraction of sp³-hybridized carbons (Fsp3) is 0.500. The average Bonchev–Trinajstić information content (AvgIpc) is 2.80. The topological polar surface area (TPSA) is 78.8 Å². The maximum Gasteiger partial charge on any atom is 0.239 e. The lowest BCUT2D eigenvalue weighted by molar-refractivity contribution is -0.140. The van der Waals surface area contributed by atoms with E-state index in [1.54, 1.807) is 18.2 Å². The van der Waals surface area contributed by atoms with Crippen molar-refractivity contribution in [2.75, 3.05) is 5.32 Å². The number of hydrogen-bond donors (Lipinski definition) is 2. The van der Waals surface area contributed by atoms with Crippen LogP contribution in [0.5, 0.6) is 0 Å². The van der Waals surface area contributed by atoms with Crippen LogP contribution in [0.2, 0.25) is 5.02 Å². The summed E-state index contributed by atoms with van der Waals surface area (Å²) in [5.41, 5.74) is -1.03. The van der Waals surface area contributed by atoms with Crippen LogP contribution in [0.15, 0.2) is 23.4 Å². The number of fused-ring (bicyclic) bond motifs is 2. The van der Waals surface area contributed by atoms with Crippen LogP contribution in [0.4, 0.5) is 5.69 Å². The van der Waals surface area contributed by atoms with E-state index < -0.39 is 16.2 Å². The van der Waals surface area contributed by atoms with Crippen LogP contribution in [0, 0.1) is 23.2 Å². The maximum atomic E-state index is 13.2. The van der Waals surface area contributed by atoms with Gasteiger partial charge in [-0.3, -0.25) is 9.59 Å². The van der Waals surface area contributed by atoms with Gasteiger partial charge in [0.25, 0.3) is 0 Å². The molecule has 2 atom stereocenters. The number of nitrogens with one attached hydrogen (secondary N) is 1. The van der Waals surface area contributed by atoms with Gasteiger partial charge in [0, 0.05) is 16.1 Å². The van der Waals surface area contributed by atoms with Crippen LogP contribution in [-0.2, 0) is 9.59 Å². The van der Waals surface area contributed by atoms with E-state index in [4.69, 9.17) is 11.6 Å². The summed E-state index contributed by atoms with van der Waals surface area (Å²) in [7, 11) is 0. The first-order valence-corrected chi connectivity index (χ1v) is 8.35. The van der Waals surface area contributed by atoms with Crippen molar-refractivity contribution >= 4 is 34.7 Å². The van der Waals surface area contributed by atoms with Gasteiger partial charge >= 0.3 is 0 Å². The normalized spacial score (nSPS) is 32.4. The highest BCUT2D eigenvalue weighted by Crippen LogP contribution is 2.69. The Balaban J connectivity index is 2.06. The van der Waals surface area contributed by atoms with E-state index in [2.05, 4.69) is 10.5 Å². The SMILES string of the molecule is Cc1c(Cl)cccc1NC(=O)C12CCC(C)(C(=NO)C1=O)C2(C)C. The molecule has 0 radical (unpaired) electrons. The van der Waals surface area contributed by atoms with Crippen LogP contribution in [0.1, 0.15) is 39.2 Å². The summed E-state index contributed by atoms with van der Waals surface area (Å²) >= 11 is 6.12. The molecule has 0 saturated heterocycles. The highest BCUT2D eigenvalue weighted by molar-refractivity contribution is 6.51. The van der Waals surface area contributed by atoms with Gasteiger partial charge in [0.05, 0.1) is 0 Å². The molecule has 2 aliphatic carbocycles. The van der Waals surface area contributed by atoms with E-state index in [0.29, 0.717) is 23.6 Å². The zero-order valence-corrected chi connectivity index (χ0v) is 15.0. The summed E-state index contributed by atoms with van der Waals surface area (Å²) < 4.78 is 0. The van der Waals surface area contributed by atoms with E-state index in [1.807, 2.05) is 27.7 Å². The molecule has 2 aliphatic rings. The summed E-state index contributed by atoms with van der Waals surface area (Å²) in [5.74, 6) is -0.730. The third-order valence-electron chi connectivity index (χ3n) is 6.58. The molecule has 0 aromatic heterocycles. The first kappa shape index (κ1) is 17.0. The number of nitrogens with zero attached hydrogens (tertiary/aromatic N) is 1. The molecule has 5 nitrogen and oxygen atoms in total. The highest BCUT2D eigenvalue weighted by atomic mass is 35.5. The molecule has 3 rings (SSSR count). The quantitative estimate of drug-likeness (QED) is 0.484. The number of carbonyl (C=O) groups is 2. The number of amides is 1. The molecule has 24 heavy (non-hydrogen) atoms. The van der Waals surface area contributed by atoms with E-state index >= 15 is 0 Å². The average molecular weight is 349 g/mol. The molecule has 128 valence electrons. The van der Waals surface area contributed by atoms with Crippen molar-refractivity contribution in [1.82, 2.24) is 0 Å². The van der Waals surface area contributed by atoms with Crippen molar-refractivity contribution < 1.29 is 14.8 Å². The van der Waals surface area contributed by atoms with Crippen LogP contribution in [0.25, 0.3) is 0 Å². The summed E-state index contributed by atoms with van der Waals surface area (Å²) in [5, 5.41) is 16.0. The second-order valence-electron chi connectivity index (χ2n) is 7.51. The number of carbonyl (C=O) groups excluding carboxylic acids is 2. The van der Waals surface area contributed by atoms with Crippen molar-refractivity contribution in [3.8, 4) is 0 Å². The molecule has 1 aromatic carbocycles. The largest absolute Gasteiger partial charge is 0.411 e. The Bertz CT molecular complexity index is 786. The molecule has 0 aliphatic heterocycles. The van der Waals surface area contributed by atoms with Gasteiger partial charge in [-0.1, -0.05) is 43.6 Å². The van der Waals surface area contributed by atoms with Gasteiger partial charge in [-0.05, 0) is 42.9 Å². The molecule has 2 fully saturated rings. The maximum absolute atomic E-state index is 13.2. The van der Waals surface area contributed by atoms with Crippen molar-refractivity contribution in [2.24, 2.45) is 21.4 Å². The molecule has 6 heteroatoms. The van der Waals surface area contributed by atoms with Gasteiger partial charge in [0.15, 0.2) is 5.78 Å². The number of rotatable bonds is 2. The third-order valence-corrected chi connectivity index (χ3v) is 6.98. The minimum absolute atomic E-state index is 0.108. The Morgan fingerprint density at radius 1 is 1.29 bits per heavy atom. The second kappa shape index (κ2) is 5.06. The monoisotopic (exact) mass is 348 g/mol. The molecule has 2 unspecified atom stereocenters. The van der Waals surface area contributed by atoms with Crippen molar-refractivity contribution in [1.29, 1.82) is 0 Å². The number of oxime groups is 1. The minimum atomic E-state index is -1.22. The zero-order chi connectivity index (χ0) is 17.9. The summed E-state index contributed by atoms with van der Waals surface area (Å²) in [6.45, 7) is 7.52. The summed E-state index contributed by atoms with van der Waals surface area (Å²) in [6.07, 6.45) is 1.08. The molecule has 1 aromatic rings. The van der Waals surface area contributed by atoms with Crippen molar-refractivity contribution in [3.05, 3.63) is 28.8 Å². The van der Waals surface area contributed by atoms with Gasteiger partial charge in [0.1, 0.15) is 11.1 Å². The smallest absolute Gasteiger partial charge is 0.239 e. The van der Waals surface area contributed by atoms with Gasteiger partial charge in [-0.25, -0.2) is 0 Å². The predicted molar refractivity (Wildman–Crippen MR) is 92.6 cm³/mol. The van der Waals surface area contributed by atoms with Crippen LogP contribution >= 0.6 is 11.6 Å². The van der Waals surface area contributed by atoms with E-state index in [-0.39, 0.29) is 17.4 Å². The Kier molecular flexibility index (Phi) is 3.57. The van der Waals surface area contributed by atoms with Crippen molar-refractivity contribution in [2.45, 2.75) is 40.5 Å². The molecule has 0 heterocycles. The van der Waals surface area contributed by atoms with Gasteiger partial charge in [-0.2, -0.15) is 0 Å². The second-order valence-corrected chi connectivity index (χ2v) is 7.91. The highest BCUT2D eigenvalue weighted by Gasteiger charge is 2.76.